The third-order valence-corrected chi connectivity index (χ3v) is 2.13. The smallest absolute Gasteiger partial charge is 0.191 e. The molecule has 1 aromatic carbocycles. The Hall–Kier alpha value is -1.51. The molecule has 0 bridgehead atoms. The second kappa shape index (κ2) is 2.52. The zero-order chi connectivity index (χ0) is 8.55. The molecular weight excluding hydrogens is 154 g/mol. The number of benzene rings is 1. The summed E-state index contributed by atoms with van der Waals surface area (Å²) in [7, 11) is 0. The van der Waals surface area contributed by atoms with Crippen LogP contribution in [0.3, 0.4) is 0 Å². The van der Waals surface area contributed by atoms with E-state index in [0.29, 0.717) is 12.0 Å². The summed E-state index contributed by atoms with van der Waals surface area (Å²) in [5.41, 5.74) is 1.59. The third-order valence-electron chi connectivity index (χ3n) is 2.13. The summed E-state index contributed by atoms with van der Waals surface area (Å²) >= 11 is 0. The Balaban J connectivity index is 2.49. The fourth-order valence-electron chi connectivity index (χ4n) is 1.50. The molecule has 0 amide bonds. The fourth-order valence-corrected chi connectivity index (χ4v) is 1.50. The topological polar surface area (TPSA) is 46.5 Å². The van der Waals surface area contributed by atoms with Gasteiger partial charge in [-0.05, 0) is 5.56 Å². The Morgan fingerprint density at radius 2 is 2.08 bits per heavy atom. The summed E-state index contributed by atoms with van der Waals surface area (Å²) in [6.07, 6.45) is 0.471. The molecule has 2 rings (SSSR count). The fraction of sp³-hybridized carbons (Fsp3) is 0.222. The number of hydrogen-bond acceptors (Lipinski definition) is 3. The van der Waals surface area contributed by atoms with Gasteiger partial charge < -0.3 is 0 Å². The van der Waals surface area contributed by atoms with Gasteiger partial charge in [-0.15, -0.1) is 0 Å². The van der Waals surface area contributed by atoms with Crippen LogP contribution in [0.1, 0.15) is 15.9 Å². The molecule has 12 heavy (non-hydrogen) atoms. The summed E-state index contributed by atoms with van der Waals surface area (Å²) in [4.78, 5) is 21.5. The summed E-state index contributed by atoms with van der Waals surface area (Å²) in [5.74, 6) is -0.138. The van der Waals surface area contributed by atoms with Crippen molar-refractivity contribution in [3.8, 4) is 0 Å². The minimum Gasteiger partial charge on any atom is -0.292 e. The number of carbonyl (C=O) groups is 1. The van der Waals surface area contributed by atoms with E-state index >= 15 is 0 Å². The molecule has 0 N–H and O–H groups in total. The van der Waals surface area contributed by atoms with Crippen LogP contribution in [0.2, 0.25) is 0 Å². The first kappa shape index (κ1) is 7.16. The van der Waals surface area contributed by atoms with Gasteiger partial charge in [-0.1, -0.05) is 29.4 Å². The van der Waals surface area contributed by atoms with Gasteiger partial charge in [0.2, 0.25) is 0 Å². The van der Waals surface area contributed by atoms with Gasteiger partial charge in [-0.2, -0.15) is 4.91 Å². The highest BCUT2D eigenvalue weighted by Crippen LogP contribution is 2.23. The normalized spacial score (nSPS) is 20.7. The van der Waals surface area contributed by atoms with Gasteiger partial charge in [0, 0.05) is 12.0 Å². The predicted octanol–water partition coefficient (Wildman–Crippen LogP) is 1.56. The maximum absolute atomic E-state index is 11.3. The van der Waals surface area contributed by atoms with Crippen LogP contribution in [0, 0.1) is 4.91 Å². The van der Waals surface area contributed by atoms with Crippen molar-refractivity contribution in [1.29, 1.82) is 0 Å². The molecule has 1 aromatic rings. The van der Waals surface area contributed by atoms with Crippen molar-refractivity contribution >= 4 is 5.78 Å². The van der Waals surface area contributed by atoms with Crippen LogP contribution >= 0.6 is 0 Å². The van der Waals surface area contributed by atoms with E-state index in [1.165, 1.54) is 0 Å². The quantitative estimate of drug-likeness (QED) is 0.587. The maximum Gasteiger partial charge on any atom is 0.191 e. The van der Waals surface area contributed by atoms with Crippen molar-refractivity contribution < 1.29 is 4.79 Å². The van der Waals surface area contributed by atoms with Gasteiger partial charge in [-0.25, -0.2) is 0 Å². The van der Waals surface area contributed by atoms with Crippen molar-refractivity contribution in [2.75, 3.05) is 0 Å². The molecule has 0 aromatic heterocycles. The number of nitroso groups, excluding NO2 is 1. The third kappa shape index (κ3) is 0.863. The number of nitrogens with zero attached hydrogens (tertiary/aromatic N) is 1. The molecule has 1 unspecified atom stereocenters. The van der Waals surface area contributed by atoms with Gasteiger partial charge in [-0.3, -0.25) is 4.79 Å². The number of hydrogen-bond donors (Lipinski definition) is 0. The minimum absolute atomic E-state index is 0.138. The second-order valence-electron chi connectivity index (χ2n) is 2.85. The van der Waals surface area contributed by atoms with E-state index < -0.39 is 6.04 Å². The van der Waals surface area contributed by atoms with Gasteiger partial charge in [0.25, 0.3) is 0 Å². The Morgan fingerprint density at radius 3 is 2.75 bits per heavy atom. The highest BCUT2D eigenvalue weighted by Gasteiger charge is 2.30. The van der Waals surface area contributed by atoms with Gasteiger partial charge in [0.15, 0.2) is 11.8 Å². The van der Waals surface area contributed by atoms with Crippen LogP contribution in [0.15, 0.2) is 29.4 Å². The summed E-state index contributed by atoms with van der Waals surface area (Å²) in [6, 6.07) is 6.58. The van der Waals surface area contributed by atoms with E-state index in [0.717, 1.165) is 5.56 Å². The van der Waals surface area contributed by atoms with Crippen molar-refractivity contribution in [2.24, 2.45) is 5.18 Å². The number of Topliss-reactive ketones (excluding diaryl/α,β-unsaturated/α-hetero) is 1. The second-order valence-corrected chi connectivity index (χ2v) is 2.85. The van der Waals surface area contributed by atoms with E-state index in [-0.39, 0.29) is 5.78 Å². The van der Waals surface area contributed by atoms with Crippen molar-refractivity contribution in [3.05, 3.63) is 40.3 Å². The zero-order valence-electron chi connectivity index (χ0n) is 6.36. The lowest BCUT2D eigenvalue weighted by molar-refractivity contribution is 0.0975. The summed E-state index contributed by atoms with van der Waals surface area (Å²) in [6.45, 7) is 0. The van der Waals surface area contributed by atoms with Crippen LogP contribution < -0.4 is 0 Å². The van der Waals surface area contributed by atoms with E-state index in [2.05, 4.69) is 5.18 Å². The van der Waals surface area contributed by atoms with Crippen molar-refractivity contribution in [3.63, 3.8) is 0 Å². The van der Waals surface area contributed by atoms with Gasteiger partial charge in [0.1, 0.15) is 0 Å². The summed E-state index contributed by atoms with van der Waals surface area (Å²) < 4.78 is 0. The molecule has 0 saturated carbocycles. The molecule has 0 aliphatic heterocycles. The molecule has 0 fully saturated rings. The van der Waals surface area contributed by atoms with Crippen LogP contribution in [0.4, 0.5) is 0 Å². The number of rotatable bonds is 1. The monoisotopic (exact) mass is 161 g/mol. The Kier molecular flexibility index (Phi) is 1.50. The molecule has 3 heteroatoms. The maximum atomic E-state index is 11.3. The van der Waals surface area contributed by atoms with Crippen molar-refractivity contribution in [1.82, 2.24) is 0 Å². The zero-order valence-corrected chi connectivity index (χ0v) is 6.36. The average molecular weight is 161 g/mol. The molecule has 0 saturated heterocycles. The Bertz CT molecular complexity index is 346. The van der Waals surface area contributed by atoms with Crippen molar-refractivity contribution in [2.45, 2.75) is 12.5 Å². The van der Waals surface area contributed by atoms with Gasteiger partial charge >= 0.3 is 0 Å². The Labute approximate surface area is 69.4 Å². The lowest BCUT2D eigenvalue weighted by atomic mass is 10.1. The molecule has 1 aliphatic carbocycles. The highest BCUT2D eigenvalue weighted by atomic mass is 16.3. The number of carbonyl (C=O) groups excluding carboxylic acids is 1. The van der Waals surface area contributed by atoms with E-state index in [1.807, 2.05) is 12.1 Å². The number of ketones is 1. The van der Waals surface area contributed by atoms with Crippen LogP contribution in [0.5, 0.6) is 0 Å². The summed E-state index contributed by atoms with van der Waals surface area (Å²) in [5, 5.41) is 2.78. The van der Waals surface area contributed by atoms with E-state index in [9.17, 15) is 9.70 Å². The molecule has 1 atom stereocenters. The SMILES string of the molecule is O=NC1Cc2ccccc2C1=O. The lowest BCUT2D eigenvalue weighted by Gasteiger charge is -1.92. The standard InChI is InChI=1S/C9H7NO2/c11-9-7-4-2-1-3-6(7)5-8(9)10-12/h1-4,8H,5H2. The average Bonchev–Trinajstić information content (AvgIpc) is 2.44. The van der Waals surface area contributed by atoms with Gasteiger partial charge in [0.05, 0.1) is 0 Å². The Morgan fingerprint density at radius 1 is 1.33 bits per heavy atom. The predicted molar refractivity (Wildman–Crippen MR) is 44.1 cm³/mol. The number of fused-ring (bicyclic) bond motifs is 1. The molecule has 60 valence electrons. The first-order valence-corrected chi connectivity index (χ1v) is 3.77. The molecule has 0 spiro atoms. The largest absolute Gasteiger partial charge is 0.292 e. The lowest BCUT2D eigenvalue weighted by Crippen LogP contribution is -2.11. The first-order valence-electron chi connectivity index (χ1n) is 3.77. The van der Waals surface area contributed by atoms with Crippen LogP contribution in [-0.2, 0) is 6.42 Å². The molecule has 0 heterocycles. The van der Waals surface area contributed by atoms with Crippen LogP contribution in [-0.4, -0.2) is 11.8 Å². The molecule has 1 aliphatic rings. The van der Waals surface area contributed by atoms with E-state index in [4.69, 9.17) is 0 Å². The minimum atomic E-state index is -0.678. The molecular formula is C9H7NO2. The first-order chi connectivity index (χ1) is 5.83. The molecule has 0 radical (unpaired) electrons. The van der Waals surface area contributed by atoms with E-state index in [1.54, 1.807) is 12.1 Å². The molecule has 3 nitrogen and oxygen atoms in total. The highest BCUT2D eigenvalue weighted by molar-refractivity contribution is 6.04. The van der Waals surface area contributed by atoms with Crippen LogP contribution in [0.25, 0.3) is 0 Å².